The number of rotatable bonds is 10. The summed E-state index contributed by atoms with van der Waals surface area (Å²) in [6, 6.07) is 11.2. The van der Waals surface area contributed by atoms with Gasteiger partial charge in [0.1, 0.15) is 6.54 Å². The van der Waals surface area contributed by atoms with Crippen LogP contribution in [0.1, 0.15) is 18.1 Å². The molecule has 0 saturated carbocycles. The molecule has 6 nitrogen and oxygen atoms in total. The molecule has 2 rings (SSSR count). The van der Waals surface area contributed by atoms with Crippen LogP contribution in [0.25, 0.3) is 6.08 Å². The maximum Gasteiger partial charge on any atom is 0.387 e. The first-order valence-corrected chi connectivity index (χ1v) is 9.70. The largest absolute Gasteiger partial charge is 0.490 e. The van der Waals surface area contributed by atoms with Crippen molar-refractivity contribution in [3.8, 4) is 11.5 Å². The van der Waals surface area contributed by atoms with Crippen molar-refractivity contribution in [1.82, 2.24) is 4.90 Å². The number of halogens is 3. The van der Waals surface area contributed by atoms with Gasteiger partial charge in [0.05, 0.1) is 13.7 Å². The number of carbonyl (C=O) groups is 2. The monoisotopic (exact) mass is 453 g/mol. The van der Waals surface area contributed by atoms with E-state index in [0.717, 1.165) is 5.56 Å². The molecule has 0 unspecified atom stereocenters. The van der Waals surface area contributed by atoms with Crippen LogP contribution in [-0.2, 0) is 20.9 Å². The highest BCUT2D eigenvalue weighted by Crippen LogP contribution is 2.30. The van der Waals surface area contributed by atoms with Crippen molar-refractivity contribution in [2.45, 2.75) is 20.1 Å². The second-order valence-corrected chi connectivity index (χ2v) is 6.68. The topological polar surface area (TPSA) is 65.1 Å². The third kappa shape index (κ3) is 7.90. The molecule has 0 N–H and O–H groups in total. The van der Waals surface area contributed by atoms with Gasteiger partial charge in [0, 0.05) is 17.6 Å². The summed E-state index contributed by atoms with van der Waals surface area (Å²) < 4.78 is 39.5. The summed E-state index contributed by atoms with van der Waals surface area (Å²) in [6.07, 6.45) is 2.76. The molecule has 2 aromatic carbocycles. The molecule has 0 aliphatic rings. The minimum atomic E-state index is -2.98. The number of amides is 1. The van der Waals surface area contributed by atoms with Crippen LogP contribution in [0.4, 0.5) is 8.78 Å². The van der Waals surface area contributed by atoms with Crippen LogP contribution < -0.4 is 9.47 Å². The lowest BCUT2D eigenvalue weighted by Crippen LogP contribution is -2.34. The minimum Gasteiger partial charge on any atom is -0.490 e. The Labute approximate surface area is 184 Å². The highest BCUT2D eigenvalue weighted by atomic mass is 35.5. The van der Waals surface area contributed by atoms with Gasteiger partial charge in [-0.25, -0.2) is 0 Å². The average molecular weight is 454 g/mol. The van der Waals surface area contributed by atoms with Gasteiger partial charge in [0.2, 0.25) is 5.91 Å². The van der Waals surface area contributed by atoms with E-state index in [1.807, 2.05) is 0 Å². The number of hydrogen-bond donors (Lipinski definition) is 0. The molecule has 0 aliphatic carbocycles. The fourth-order valence-corrected chi connectivity index (χ4v) is 2.73. The fraction of sp³-hybridized carbons (Fsp3) is 0.273. The average Bonchev–Trinajstić information content (AvgIpc) is 2.74. The lowest BCUT2D eigenvalue weighted by atomic mass is 10.1. The second-order valence-electron chi connectivity index (χ2n) is 6.25. The number of methoxy groups -OCH3 is 1. The van der Waals surface area contributed by atoms with Crippen LogP contribution in [0.5, 0.6) is 11.5 Å². The Bertz CT molecular complexity index is 919. The Morgan fingerprint density at radius 2 is 1.84 bits per heavy atom. The summed E-state index contributed by atoms with van der Waals surface area (Å²) in [7, 11) is 1.24. The molecule has 0 aliphatic heterocycles. The first kappa shape index (κ1) is 24.1. The fourth-order valence-electron chi connectivity index (χ4n) is 2.61. The number of nitrogens with zero attached hydrogens (tertiary/aromatic N) is 1. The predicted octanol–water partition coefficient (Wildman–Crippen LogP) is 4.56. The number of hydrogen-bond acceptors (Lipinski definition) is 5. The van der Waals surface area contributed by atoms with Gasteiger partial charge in [-0.3, -0.25) is 9.59 Å². The molecule has 0 fully saturated rings. The molecule has 0 saturated heterocycles. The van der Waals surface area contributed by atoms with Gasteiger partial charge in [-0.1, -0.05) is 29.8 Å². The summed E-state index contributed by atoms with van der Waals surface area (Å²) >= 11 is 5.88. The van der Waals surface area contributed by atoms with Crippen LogP contribution in [0, 0.1) is 0 Å². The van der Waals surface area contributed by atoms with Gasteiger partial charge in [-0.2, -0.15) is 8.78 Å². The van der Waals surface area contributed by atoms with Crippen LogP contribution in [0.2, 0.25) is 5.02 Å². The van der Waals surface area contributed by atoms with Crippen molar-refractivity contribution in [2.24, 2.45) is 0 Å². The Balaban J connectivity index is 2.19. The minimum absolute atomic E-state index is 0.101. The Hall–Kier alpha value is -3.13. The molecule has 9 heteroatoms. The molecule has 31 heavy (non-hydrogen) atoms. The smallest absolute Gasteiger partial charge is 0.387 e. The maximum atomic E-state index is 12.7. The standard InChI is InChI=1S/C22H22ClF2NO5/c1-3-30-19-12-15(6-10-18(19)31-22(24)25)7-11-20(27)26(14-21(28)29-2)13-16-4-8-17(23)9-5-16/h4-12,22H,3,13-14H2,1-2H3/b11-7+. The summed E-state index contributed by atoms with van der Waals surface area (Å²) in [5, 5.41) is 0.555. The van der Waals surface area contributed by atoms with Crippen molar-refractivity contribution in [3.05, 3.63) is 64.7 Å². The first-order valence-electron chi connectivity index (χ1n) is 9.32. The van der Waals surface area contributed by atoms with Gasteiger partial charge < -0.3 is 19.1 Å². The molecule has 0 spiro atoms. The van der Waals surface area contributed by atoms with E-state index in [4.69, 9.17) is 16.3 Å². The molecule has 0 heterocycles. The van der Waals surface area contributed by atoms with Gasteiger partial charge in [0.15, 0.2) is 11.5 Å². The Kier molecular flexibility index (Phi) is 9.27. The van der Waals surface area contributed by atoms with Crippen molar-refractivity contribution in [3.63, 3.8) is 0 Å². The third-order valence-corrected chi connectivity index (χ3v) is 4.30. The molecule has 2 aromatic rings. The molecule has 0 radical (unpaired) electrons. The van der Waals surface area contributed by atoms with E-state index in [9.17, 15) is 18.4 Å². The molecule has 0 atom stereocenters. The zero-order valence-corrected chi connectivity index (χ0v) is 17.8. The van der Waals surface area contributed by atoms with Gasteiger partial charge in [0.25, 0.3) is 0 Å². The number of ether oxygens (including phenoxy) is 3. The van der Waals surface area contributed by atoms with Crippen molar-refractivity contribution in [1.29, 1.82) is 0 Å². The van der Waals surface area contributed by atoms with Gasteiger partial charge in [-0.05, 0) is 48.4 Å². The van der Waals surface area contributed by atoms with Gasteiger partial charge in [-0.15, -0.1) is 0 Å². The summed E-state index contributed by atoms with van der Waals surface area (Å²) in [4.78, 5) is 25.8. The lowest BCUT2D eigenvalue weighted by molar-refractivity contribution is -0.145. The summed E-state index contributed by atoms with van der Waals surface area (Å²) in [5.74, 6) is -0.977. The van der Waals surface area contributed by atoms with E-state index >= 15 is 0 Å². The first-order chi connectivity index (χ1) is 14.8. The maximum absolute atomic E-state index is 12.7. The van der Waals surface area contributed by atoms with Crippen LogP contribution in [0.3, 0.4) is 0 Å². The SMILES string of the molecule is CCOc1cc(/C=C/C(=O)N(CC(=O)OC)Cc2ccc(Cl)cc2)ccc1OC(F)F. The number of alkyl halides is 2. The van der Waals surface area contributed by atoms with Crippen LogP contribution >= 0.6 is 11.6 Å². The molecule has 166 valence electrons. The number of carbonyl (C=O) groups excluding carboxylic acids is 2. The molecular formula is C22H22ClF2NO5. The molecular weight excluding hydrogens is 432 g/mol. The second kappa shape index (κ2) is 11.9. The Morgan fingerprint density at radius 3 is 2.45 bits per heavy atom. The van der Waals surface area contributed by atoms with Gasteiger partial charge >= 0.3 is 12.6 Å². The van der Waals surface area contributed by atoms with E-state index in [1.54, 1.807) is 31.2 Å². The number of esters is 1. The zero-order valence-electron chi connectivity index (χ0n) is 17.0. The normalized spacial score (nSPS) is 10.9. The number of benzene rings is 2. The van der Waals surface area contributed by atoms with E-state index in [2.05, 4.69) is 9.47 Å². The third-order valence-electron chi connectivity index (χ3n) is 4.05. The van der Waals surface area contributed by atoms with Crippen molar-refractivity contribution < 1.29 is 32.6 Å². The molecule has 1 amide bonds. The predicted molar refractivity (Wildman–Crippen MR) is 112 cm³/mol. The highest BCUT2D eigenvalue weighted by Gasteiger charge is 2.16. The van der Waals surface area contributed by atoms with E-state index < -0.39 is 18.5 Å². The Morgan fingerprint density at radius 1 is 1.13 bits per heavy atom. The molecule has 0 bridgehead atoms. The zero-order chi connectivity index (χ0) is 22.8. The quantitative estimate of drug-likeness (QED) is 0.390. The van der Waals surface area contributed by atoms with E-state index in [0.29, 0.717) is 10.6 Å². The lowest BCUT2D eigenvalue weighted by Gasteiger charge is -2.20. The van der Waals surface area contributed by atoms with E-state index in [1.165, 1.54) is 42.4 Å². The van der Waals surface area contributed by atoms with Crippen LogP contribution in [0.15, 0.2) is 48.5 Å². The van der Waals surface area contributed by atoms with Crippen molar-refractivity contribution in [2.75, 3.05) is 20.3 Å². The summed E-state index contributed by atoms with van der Waals surface area (Å²) in [6.45, 7) is -1.10. The highest BCUT2D eigenvalue weighted by molar-refractivity contribution is 6.30. The van der Waals surface area contributed by atoms with Crippen molar-refractivity contribution >= 4 is 29.6 Å². The van der Waals surface area contributed by atoms with Crippen LogP contribution in [-0.4, -0.2) is 43.6 Å². The van der Waals surface area contributed by atoms with E-state index in [-0.39, 0.29) is 31.2 Å². The summed E-state index contributed by atoms with van der Waals surface area (Å²) in [5.41, 5.74) is 1.31. The molecule has 0 aromatic heterocycles.